The second-order valence-corrected chi connectivity index (χ2v) is 8.30. The standard InChI is InChI=1S/C16H17ClINO2S/c1-2-3-11-19(16-10-9-13(17)12-15(16)18)22(20,21)14-7-5-4-6-8-14/h4-10,12H,2-3,11H2,1H3. The Hall–Kier alpha value is -0.790. The molecule has 0 bridgehead atoms. The molecular formula is C16H17ClINO2S. The molecule has 118 valence electrons. The van der Waals surface area contributed by atoms with E-state index in [9.17, 15) is 8.42 Å². The Bertz CT molecular complexity index is 735. The molecule has 0 aliphatic heterocycles. The van der Waals surface area contributed by atoms with E-state index < -0.39 is 10.0 Å². The van der Waals surface area contributed by atoms with Gasteiger partial charge < -0.3 is 0 Å². The Balaban J connectivity index is 2.50. The lowest BCUT2D eigenvalue weighted by atomic mass is 10.3. The van der Waals surface area contributed by atoms with Gasteiger partial charge in [0.15, 0.2) is 0 Å². The molecular weight excluding hydrogens is 433 g/mol. The number of hydrogen-bond donors (Lipinski definition) is 0. The summed E-state index contributed by atoms with van der Waals surface area (Å²) >= 11 is 8.11. The summed E-state index contributed by atoms with van der Waals surface area (Å²) in [6.07, 6.45) is 1.72. The third-order valence-electron chi connectivity index (χ3n) is 3.22. The maximum absolute atomic E-state index is 13.0. The van der Waals surface area contributed by atoms with Gasteiger partial charge in [-0.25, -0.2) is 8.42 Å². The van der Waals surface area contributed by atoms with Crippen LogP contribution in [0.5, 0.6) is 0 Å². The summed E-state index contributed by atoms with van der Waals surface area (Å²) in [5.41, 5.74) is 0.669. The molecule has 0 atom stereocenters. The first-order valence-electron chi connectivity index (χ1n) is 6.99. The van der Waals surface area contributed by atoms with Crippen molar-refractivity contribution in [3.05, 3.63) is 57.1 Å². The van der Waals surface area contributed by atoms with Gasteiger partial charge in [0.2, 0.25) is 0 Å². The lowest BCUT2D eigenvalue weighted by Gasteiger charge is -2.25. The molecule has 2 rings (SSSR count). The molecule has 0 aliphatic rings. The summed E-state index contributed by atoms with van der Waals surface area (Å²) in [5.74, 6) is 0. The average molecular weight is 450 g/mol. The quantitative estimate of drug-likeness (QED) is 0.586. The predicted octanol–water partition coefficient (Wildman–Crippen LogP) is 4.94. The SMILES string of the molecule is CCCCN(c1ccc(Cl)cc1I)S(=O)(=O)c1ccccc1. The molecule has 0 saturated carbocycles. The molecule has 0 spiro atoms. The van der Waals surface area contributed by atoms with Crippen LogP contribution in [-0.4, -0.2) is 15.0 Å². The highest BCUT2D eigenvalue weighted by Crippen LogP contribution is 2.30. The number of hydrogen-bond acceptors (Lipinski definition) is 2. The molecule has 0 heterocycles. The fourth-order valence-electron chi connectivity index (χ4n) is 2.08. The van der Waals surface area contributed by atoms with Crippen molar-refractivity contribution in [2.45, 2.75) is 24.7 Å². The van der Waals surface area contributed by atoms with Crippen molar-refractivity contribution in [2.24, 2.45) is 0 Å². The smallest absolute Gasteiger partial charge is 0.264 e. The normalized spacial score (nSPS) is 11.4. The lowest BCUT2D eigenvalue weighted by molar-refractivity contribution is 0.588. The molecule has 6 heteroatoms. The minimum atomic E-state index is -3.58. The van der Waals surface area contributed by atoms with Crippen molar-refractivity contribution in [3.63, 3.8) is 0 Å². The van der Waals surface area contributed by atoms with Gasteiger partial charge in [0, 0.05) is 15.1 Å². The first-order valence-corrected chi connectivity index (χ1v) is 9.89. The van der Waals surface area contributed by atoms with Crippen LogP contribution >= 0.6 is 34.2 Å². The fraction of sp³-hybridized carbons (Fsp3) is 0.250. The molecule has 22 heavy (non-hydrogen) atoms. The molecule has 0 N–H and O–H groups in total. The summed E-state index contributed by atoms with van der Waals surface area (Å²) in [7, 11) is -3.58. The van der Waals surface area contributed by atoms with Crippen LogP contribution in [0.1, 0.15) is 19.8 Å². The van der Waals surface area contributed by atoms with Gasteiger partial charge in [-0.15, -0.1) is 0 Å². The van der Waals surface area contributed by atoms with Crippen molar-refractivity contribution in [3.8, 4) is 0 Å². The maximum atomic E-state index is 13.0. The number of rotatable bonds is 6. The lowest BCUT2D eigenvalue weighted by Crippen LogP contribution is -2.32. The van der Waals surface area contributed by atoms with Crippen molar-refractivity contribution in [1.82, 2.24) is 0 Å². The summed E-state index contributed by atoms with van der Waals surface area (Å²) < 4.78 is 28.2. The van der Waals surface area contributed by atoms with E-state index in [0.29, 0.717) is 22.2 Å². The van der Waals surface area contributed by atoms with Gasteiger partial charge in [-0.2, -0.15) is 0 Å². The van der Waals surface area contributed by atoms with Gasteiger partial charge in [-0.05, 0) is 59.3 Å². The van der Waals surface area contributed by atoms with Gasteiger partial charge in [0.1, 0.15) is 0 Å². The van der Waals surface area contributed by atoms with Crippen molar-refractivity contribution >= 4 is 49.9 Å². The second-order valence-electron chi connectivity index (χ2n) is 4.84. The van der Waals surface area contributed by atoms with E-state index in [2.05, 4.69) is 22.6 Å². The monoisotopic (exact) mass is 449 g/mol. The van der Waals surface area contributed by atoms with Gasteiger partial charge in [0.25, 0.3) is 10.0 Å². The zero-order chi connectivity index (χ0) is 16.2. The van der Waals surface area contributed by atoms with Gasteiger partial charge in [0.05, 0.1) is 10.6 Å². The zero-order valence-corrected chi connectivity index (χ0v) is 15.9. The third-order valence-corrected chi connectivity index (χ3v) is 6.15. The number of anilines is 1. The predicted molar refractivity (Wildman–Crippen MR) is 100 cm³/mol. The highest BCUT2D eigenvalue weighted by Gasteiger charge is 2.25. The third kappa shape index (κ3) is 3.94. The summed E-state index contributed by atoms with van der Waals surface area (Å²) in [5, 5.41) is 0.598. The largest absolute Gasteiger partial charge is 0.265 e. The molecule has 2 aromatic rings. The van der Waals surface area contributed by atoms with Crippen molar-refractivity contribution in [2.75, 3.05) is 10.8 Å². The van der Waals surface area contributed by atoms with E-state index in [0.717, 1.165) is 16.4 Å². The highest BCUT2D eigenvalue weighted by molar-refractivity contribution is 14.1. The van der Waals surface area contributed by atoms with E-state index in [-0.39, 0.29) is 0 Å². The van der Waals surface area contributed by atoms with Crippen LogP contribution in [0.2, 0.25) is 5.02 Å². The molecule has 0 unspecified atom stereocenters. The van der Waals surface area contributed by atoms with E-state index in [1.165, 1.54) is 4.31 Å². The number of sulfonamides is 1. The van der Waals surface area contributed by atoms with Crippen LogP contribution in [-0.2, 0) is 10.0 Å². The molecule has 0 saturated heterocycles. The molecule has 2 aromatic carbocycles. The fourth-order valence-corrected chi connectivity index (χ4v) is 4.94. The van der Waals surface area contributed by atoms with Crippen molar-refractivity contribution in [1.29, 1.82) is 0 Å². The zero-order valence-electron chi connectivity index (χ0n) is 12.2. The molecule has 0 amide bonds. The summed E-state index contributed by atoms with van der Waals surface area (Å²) in [4.78, 5) is 0.303. The van der Waals surface area contributed by atoms with E-state index >= 15 is 0 Å². The van der Waals surface area contributed by atoms with E-state index in [1.807, 2.05) is 6.92 Å². The van der Waals surface area contributed by atoms with Crippen LogP contribution in [0.3, 0.4) is 0 Å². The van der Waals surface area contributed by atoms with E-state index in [1.54, 1.807) is 48.5 Å². The first kappa shape index (κ1) is 17.6. The van der Waals surface area contributed by atoms with Gasteiger partial charge in [-0.3, -0.25) is 4.31 Å². The van der Waals surface area contributed by atoms with Crippen molar-refractivity contribution < 1.29 is 8.42 Å². The Kier molecular flexibility index (Phi) is 6.11. The number of unbranched alkanes of at least 4 members (excludes halogenated alkanes) is 1. The summed E-state index contributed by atoms with van der Waals surface area (Å²) in [6.45, 7) is 2.49. The first-order chi connectivity index (χ1) is 10.5. The highest BCUT2D eigenvalue weighted by atomic mass is 127. The second kappa shape index (κ2) is 7.66. The minimum Gasteiger partial charge on any atom is -0.265 e. The Labute approximate surface area is 150 Å². The van der Waals surface area contributed by atoms with Crippen LogP contribution < -0.4 is 4.31 Å². The minimum absolute atomic E-state index is 0.303. The Morgan fingerprint density at radius 3 is 2.41 bits per heavy atom. The average Bonchev–Trinajstić information content (AvgIpc) is 2.50. The van der Waals surface area contributed by atoms with E-state index in [4.69, 9.17) is 11.6 Å². The molecule has 0 aliphatic carbocycles. The topological polar surface area (TPSA) is 37.4 Å². The molecule has 0 radical (unpaired) electrons. The molecule has 3 nitrogen and oxygen atoms in total. The van der Waals surface area contributed by atoms with Crippen LogP contribution in [0.25, 0.3) is 0 Å². The maximum Gasteiger partial charge on any atom is 0.264 e. The van der Waals surface area contributed by atoms with Crippen LogP contribution in [0.4, 0.5) is 5.69 Å². The van der Waals surface area contributed by atoms with Crippen LogP contribution in [0, 0.1) is 3.57 Å². The van der Waals surface area contributed by atoms with Crippen LogP contribution in [0.15, 0.2) is 53.4 Å². The van der Waals surface area contributed by atoms with Gasteiger partial charge >= 0.3 is 0 Å². The Morgan fingerprint density at radius 2 is 1.82 bits per heavy atom. The summed E-state index contributed by atoms with van der Waals surface area (Å²) in [6, 6.07) is 13.8. The number of nitrogens with zero attached hydrogens (tertiary/aromatic N) is 1. The Morgan fingerprint density at radius 1 is 1.14 bits per heavy atom. The molecule has 0 aromatic heterocycles. The molecule has 0 fully saturated rings. The number of halogens is 2. The number of benzene rings is 2. The van der Waals surface area contributed by atoms with Gasteiger partial charge in [-0.1, -0.05) is 43.1 Å².